The summed E-state index contributed by atoms with van der Waals surface area (Å²) in [7, 11) is 0. The van der Waals surface area contributed by atoms with Crippen molar-refractivity contribution >= 4 is 22.9 Å². The van der Waals surface area contributed by atoms with Gasteiger partial charge in [-0.1, -0.05) is 12.1 Å². The quantitative estimate of drug-likeness (QED) is 0.619. The number of hydrogen-bond donors (Lipinski definition) is 1. The molecule has 0 atom stereocenters. The van der Waals surface area contributed by atoms with Crippen molar-refractivity contribution < 1.29 is 9.53 Å². The lowest BCUT2D eigenvalue weighted by Gasteiger charge is -2.07. The van der Waals surface area contributed by atoms with E-state index in [0.717, 1.165) is 28.1 Å². The van der Waals surface area contributed by atoms with Crippen LogP contribution in [0.15, 0.2) is 47.8 Å². The van der Waals surface area contributed by atoms with Gasteiger partial charge in [-0.25, -0.2) is 0 Å². The predicted octanol–water partition coefficient (Wildman–Crippen LogP) is 5.81. The third-order valence-corrected chi connectivity index (χ3v) is 4.94. The molecule has 0 saturated heterocycles. The second-order valence-electron chi connectivity index (χ2n) is 6.76. The van der Waals surface area contributed by atoms with E-state index in [2.05, 4.69) is 31.3 Å². The van der Waals surface area contributed by atoms with E-state index in [-0.39, 0.29) is 5.91 Å². The van der Waals surface area contributed by atoms with Crippen LogP contribution in [0.5, 0.6) is 5.75 Å². The van der Waals surface area contributed by atoms with E-state index in [1.807, 2.05) is 49.6 Å². The number of amides is 1. The molecule has 1 N–H and O–H groups in total. The van der Waals surface area contributed by atoms with Gasteiger partial charge in [0.25, 0.3) is 5.91 Å². The van der Waals surface area contributed by atoms with Crippen LogP contribution in [0.1, 0.15) is 37.5 Å². The molecule has 0 aliphatic heterocycles. The van der Waals surface area contributed by atoms with Crippen LogP contribution in [-0.2, 0) is 6.61 Å². The Kier molecular flexibility index (Phi) is 5.43. The Bertz CT molecular complexity index is 903. The molecule has 1 aromatic heterocycles. The van der Waals surface area contributed by atoms with Gasteiger partial charge in [-0.2, -0.15) is 0 Å². The maximum absolute atomic E-state index is 12.5. The molecule has 0 spiro atoms. The van der Waals surface area contributed by atoms with Gasteiger partial charge in [-0.15, -0.1) is 11.3 Å². The minimum atomic E-state index is -0.0855. The minimum absolute atomic E-state index is 0.0855. The number of nitrogens with one attached hydrogen (secondary N) is 1. The molecule has 1 heterocycles. The van der Waals surface area contributed by atoms with E-state index in [1.165, 1.54) is 22.5 Å². The highest BCUT2D eigenvalue weighted by Crippen LogP contribution is 2.22. The molecule has 0 aliphatic carbocycles. The largest absolute Gasteiger partial charge is 0.489 e. The molecule has 3 nitrogen and oxygen atoms in total. The van der Waals surface area contributed by atoms with E-state index in [9.17, 15) is 4.79 Å². The van der Waals surface area contributed by atoms with Crippen LogP contribution >= 0.6 is 11.3 Å². The first-order valence-electron chi connectivity index (χ1n) is 8.57. The lowest BCUT2D eigenvalue weighted by atomic mass is 10.1. The van der Waals surface area contributed by atoms with Crippen LogP contribution in [0.2, 0.25) is 0 Å². The minimum Gasteiger partial charge on any atom is -0.489 e. The van der Waals surface area contributed by atoms with E-state index < -0.39 is 0 Å². The first-order valence-corrected chi connectivity index (χ1v) is 9.45. The highest BCUT2D eigenvalue weighted by Gasteiger charge is 2.10. The topological polar surface area (TPSA) is 38.3 Å². The number of ether oxygens (including phenoxy) is 1. The van der Waals surface area contributed by atoms with Crippen molar-refractivity contribution in [3.05, 3.63) is 80.5 Å². The molecule has 0 bridgehead atoms. The standard InChI is InChI=1S/C22H23NO2S/c1-14-5-15(2)8-19(7-14)23-22(24)21-11-18(13-26-21)12-25-20-9-16(3)6-17(4)10-20/h5-11,13H,12H2,1-4H3,(H,23,24). The van der Waals surface area contributed by atoms with Crippen molar-refractivity contribution in [2.45, 2.75) is 34.3 Å². The summed E-state index contributed by atoms with van der Waals surface area (Å²) in [5, 5.41) is 4.94. The van der Waals surface area contributed by atoms with E-state index in [1.54, 1.807) is 0 Å². The van der Waals surface area contributed by atoms with Gasteiger partial charge < -0.3 is 10.1 Å². The SMILES string of the molecule is Cc1cc(C)cc(NC(=O)c2cc(COc3cc(C)cc(C)c3)cs2)c1. The van der Waals surface area contributed by atoms with Crippen LogP contribution in [0.25, 0.3) is 0 Å². The predicted molar refractivity (Wildman–Crippen MR) is 108 cm³/mol. The van der Waals surface area contributed by atoms with Gasteiger partial charge in [0.1, 0.15) is 12.4 Å². The zero-order chi connectivity index (χ0) is 18.7. The third kappa shape index (κ3) is 4.73. The van der Waals surface area contributed by atoms with E-state index in [0.29, 0.717) is 11.5 Å². The lowest BCUT2D eigenvalue weighted by molar-refractivity contribution is 0.103. The molecular weight excluding hydrogens is 342 g/mol. The van der Waals surface area contributed by atoms with Crippen molar-refractivity contribution in [3.63, 3.8) is 0 Å². The van der Waals surface area contributed by atoms with Crippen molar-refractivity contribution in [1.82, 2.24) is 0 Å². The number of anilines is 1. The molecule has 0 fully saturated rings. The fourth-order valence-corrected chi connectivity index (χ4v) is 3.78. The molecule has 26 heavy (non-hydrogen) atoms. The Labute approximate surface area is 158 Å². The van der Waals surface area contributed by atoms with Crippen molar-refractivity contribution in [3.8, 4) is 5.75 Å². The normalized spacial score (nSPS) is 10.6. The van der Waals surface area contributed by atoms with Gasteiger partial charge >= 0.3 is 0 Å². The molecule has 2 aromatic carbocycles. The molecule has 0 unspecified atom stereocenters. The Morgan fingerprint density at radius 1 is 0.885 bits per heavy atom. The van der Waals surface area contributed by atoms with Gasteiger partial charge in [0.15, 0.2) is 0 Å². The molecule has 3 aromatic rings. The fourth-order valence-electron chi connectivity index (χ4n) is 2.99. The van der Waals surface area contributed by atoms with Crippen LogP contribution in [0.4, 0.5) is 5.69 Å². The molecule has 0 saturated carbocycles. The second-order valence-corrected chi connectivity index (χ2v) is 7.67. The monoisotopic (exact) mass is 365 g/mol. The Balaban J connectivity index is 1.64. The molecule has 4 heteroatoms. The Hall–Kier alpha value is -2.59. The van der Waals surface area contributed by atoms with Gasteiger partial charge in [0.2, 0.25) is 0 Å². The van der Waals surface area contributed by atoms with Crippen molar-refractivity contribution in [2.75, 3.05) is 5.32 Å². The summed E-state index contributed by atoms with van der Waals surface area (Å²) >= 11 is 1.43. The summed E-state index contributed by atoms with van der Waals surface area (Å²) in [4.78, 5) is 13.2. The number of thiophene rings is 1. The maximum atomic E-state index is 12.5. The van der Waals surface area contributed by atoms with Crippen LogP contribution in [-0.4, -0.2) is 5.91 Å². The average molecular weight is 365 g/mol. The van der Waals surface area contributed by atoms with Crippen LogP contribution in [0.3, 0.4) is 0 Å². The molecular formula is C22H23NO2S. The zero-order valence-electron chi connectivity index (χ0n) is 15.6. The summed E-state index contributed by atoms with van der Waals surface area (Å²) < 4.78 is 5.87. The summed E-state index contributed by atoms with van der Waals surface area (Å²) in [6.07, 6.45) is 0. The summed E-state index contributed by atoms with van der Waals surface area (Å²) in [5.74, 6) is 0.771. The first-order chi connectivity index (χ1) is 12.4. The van der Waals surface area contributed by atoms with Gasteiger partial charge in [-0.05, 0) is 85.7 Å². The van der Waals surface area contributed by atoms with Gasteiger partial charge in [-0.3, -0.25) is 4.79 Å². The number of aryl methyl sites for hydroxylation is 4. The van der Waals surface area contributed by atoms with E-state index >= 15 is 0 Å². The second kappa shape index (κ2) is 7.75. The number of rotatable bonds is 5. The van der Waals surface area contributed by atoms with Crippen molar-refractivity contribution in [1.29, 1.82) is 0 Å². The molecule has 0 radical (unpaired) electrons. The number of hydrogen-bond acceptors (Lipinski definition) is 3. The number of carbonyl (C=O) groups is 1. The van der Waals surface area contributed by atoms with Crippen LogP contribution in [0, 0.1) is 27.7 Å². The lowest BCUT2D eigenvalue weighted by Crippen LogP contribution is -2.10. The Morgan fingerprint density at radius 2 is 1.46 bits per heavy atom. The first kappa shape index (κ1) is 18.2. The number of carbonyl (C=O) groups excluding carboxylic acids is 1. The highest BCUT2D eigenvalue weighted by atomic mass is 32.1. The third-order valence-electron chi connectivity index (χ3n) is 3.96. The highest BCUT2D eigenvalue weighted by molar-refractivity contribution is 7.12. The Morgan fingerprint density at radius 3 is 2.08 bits per heavy atom. The van der Waals surface area contributed by atoms with Crippen LogP contribution < -0.4 is 10.1 Å². The molecule has 134 valence electrons. The smallest absolute Gasteiger partial charge is 0.265 e. The number of benzene rings is 2. The van der Waals surface area contributed by atoms with Gasteiger partial charge in [0.05, 0.1) is 4.88 Å². The molecule has 0 aliphatic rings. The summed E-state index contributed by atoms with van der Waals surface area (Å²) in [6.45, 7) is 8.61. The molecule has 3 rings (SSSR count). The van der Waals surface area contributed by atoms with E-state index in [4.69, 9.17) is 4.74 Å². The zero-order valence-corrected chi connectivity index (χ0v) is 16.4. The summed E-state index contributed by atoms with van der Waals surface area (Å²) in [5.41, 5.74) is 6.45. The average Bonchev–Trinajstić information content (AvgIpc) is 3.00. The summed E-state index contributed by atoms with van der Waals surface area (Å²) in [6, 6.07) is 14.1. The van der Waals surface area contributed by atoms with Gasteiger partial charge in [0, 0.05) is 11.3 Å². The fraction of sp³-hybridized carbons (Fsp3) is 0.227. The maximum Gasteiger partial charge on any atom is 0.265 e. The molecule has 1 amide bonds. The van der Waals surface area contributed by atoms with Crippen molar-refractivity contribution in [2.24, 2.45) is 0 Å².